The number of primary amides is 1. The molecule has 1 amide bonds. The van der Waals surface area contributed by atoms with E-state index in [-0.39, 0.29) is 30.6 Å². The van der Waals surface area contributed by atoms with E-state index in [9.17, 15) is 4.79 Å². The SMILES string of the molecule is CN=C(NCc1cccc(OCC(N)=O)c1)NC(C)C.I. The molecule has 118 valence electrons. The number of benzene rings is 1. The molecule has 0 atom stereocenters. The van der Waals surface area contributed by atoms with E-state index in [2.05, 4.69) is 15.6 Å². The zero-order chi connectivity index (χ0) is 15.0. The summed E-state index contributed by atoms with van der Waals surface area (Å²) >= 11 is 0. The van der Waals surface area contributed by atoms with Gasteiger partial charge in [-0.2, -0.15) is 0 Å². The maximum absolute atomic E-state index is 10.7. The highest BCUT2D eigenvalue weighted by Gasteiger charge is 2.02. The van der Waals surface area contributed by atoms with Crippen LogP contribution in [0.2, 0.25) is 0 Å². The highest BCUT2D eigenvalue weighted by Crippen LogP contribution is 2.12. The molecule has 0 saturated carbocycles. The van der Waals surface area contributed by atoms with Crippen molar-refractivity contribution in [3.8, 4) is 5.75 Å². The van der Waals surface area contributed by atoms with Crippen LogP contribution in [0.15, 0.2) is 29.3 Å². The van der Waals surface area contributed by atoms with Crippen LogP contribution in [0.5, 0.6) is 5.75 Å². The summed E-state index contributed by atoms with van der Waals surface area (Å²) in [6.45, 7) is 4.59. The Morgan fingerprint density at radius 2 is 2.14 bits per heavy atom. The Morgan fingerprint density at radius 3 is 2.71 bits per heavy atom. The van der Waals surface area contributed by atoms with E-state index in [1.165, 1.54) is 0 Å². The number of nitrogens with one attached hydrogen (secondary N) is 2. The first-order valence-corrected chi connectivity index (χ1v) is 6.48. The van der Waals surface area contributed by atoms with Crippen LogP contribution >= 0.6 is 24.0 Å². The predicted molar refractivity (Wildman–Crippen MR) is 95.0 cm³/mol. The Labute approximate surface area is 142 Å². The van der Waals surface area contributed by atoms with Crippen molar-refractivity contribution < 1.29 is 9.53 Å². The number of nitrogens with zero attached hydrogens (tertiary/aromatic N) is 1. The van der Waals surface area contributed by atoms with Gasteiger partial charge in [0.15, 0.2) is 12.6 Å². The maximum atomic E-state index is 10.7. The molecule has 1 aromatic carbocycles. The molecule has 0 aliphatic heterocycles. The minimum Gasteiger partial charge on any atom is -0.484 e. The second-order valence-electron chi connectivity index (χ2n) is 4.63. The smallest absolute Gasteiger partial charge is 0.255 e. The number of nitrogens with two attached hydrogens (primary N) is 1. The van der Waals surface area contributed by atoms with Crippen LogP contribution in [-0.2, 0) is 11.3 Å². The lowest BCUT2D eigenvalue weighted by Gasteiger charge is -2.14. The second kappa shape index (κ2) is 10.3. The molecule has 0 aromatic heterocycles. The van der Waals surface area contributed by atoms with Crippen molar-refractivity contribution in [2.24, 2.45) is 10.7 Å². The van der Waals surface area contributed by atoms with Crippen molar-refractivity contribution >= 4 is 35.8 Å². The molecule has 0 heterocycles. The number of aliphatic imine (C=N–C) groups is 1. The molecule has 0 fully saturated rings. The molecule has 4 N–H and O–H groups in total. The topological polar surface area (TPSA) is 88.7 Å². The third-order valence-corrected chi connectivity index (χ3v) is 2.39. The van der Waals surface area contributed by atoms with E-state index in [0.29, 0.717) is 18.3 Å². The molecule has 0 saturated heterocycles. The molecule has 0 radical (unpaired) electrons. The van der Waals surface area contributed by atoms with Gasteiger partial charge in [-0.25, -0.2) is 0 Å². The van der Waals surface area contributed by atoms with Gasteiger partial charge < -0.3 is 21.1 Å². The molecular formula is C14H23IN4O2. The minimum atomic E-state index is -0.491. The van der Waals surface area contributed by atoms with Gasteiger partial charge in [0.25, 0.3) is 5.91 Å². The van der Waals surface area contributed by atoms with Crippen molar-refractivity contribution in [3.05, 3.63) is 29.8 Å². The van der Waals surface area contributed by atoms with E-state index in [1.807, 2.05) is 32.0 Å². The summed E-state index contributed by atoms with van der Waals surface area (Å²) in [7, 11) is 1.73. The van der Waals surface area contributed by atoms with Crippen molar-refractivity contribution in [1.29, 1.82) is 0 Å². The predicted octanol–water partition coefficient (Wildman–Crippen LogP) is 1.24. The zero-order valence-electron chi connectivity index (χ0n) is 12.6. The fraction of sp³-hybridized carbons (Fsp3) is 0.429. The van der Waals surface area contributed by atoms with Crippen LogP contribution < -0.4 is 21.1 Å². The van der Waals surface area contributed by atoms with Gasteiger partial charge in [-0.1, -0.05) is 12.1 Å². The maximum Gasteiger partial charge on any atom is 0.255 e. The average molecular weight is 406 g/mol. The van der Waals surface area contributed by atoms with Crippen molar-refractivity contribution in [2.45, 2.75) is 26.4 Å². The quantitative estimate of drug-likeness (QED) is 0.377. The summed E-state index contributed by atoms with van der Waals surface area (Å²) in [5.74, 6) is 0.869. The Morgan fingerprint density at radius 1 is 1.43 bits per heavy atom. The largest absolute Gasteiger partial charge is 0.484 e. The molecule has 0 aliphatic rings. The Hall–Kier alpha value is -1.51. The number of carbonyl (C=O) groups is 1. The lowest BCUT2D eigenvalue weighted by Crippen LogP contribution is -2.40. The number of hydrogen-bond acceptors (Lipinski definition) is 3. The Kier molecular flexibility index (Phi) is 9.51. The number of carbonyl (C=O) groups excluding carboxylic acids is 1. The number of halogens is 1. The van der Waals surface area contributed by atoms with Crippen molar-refractivity contribution in [1.82, 2.24) is 10.6 Å². The Bertz CT molecular complexity index is 478. The van der Waals surface area contributed by atoms with Crippen LogP contribution in [0, 0.1) is 0 Å². The molecule has 0 spiro atoms. The lowest BCUT2D eigenvalue weighted by molar-refractivity contribution is -0.119. The highest BCUT2D eigenvalue weighted by molar-refractivity contribution is 14.0. The first kappa shape index (κ1) is 19.5. The summed E-state index contributed by atoms with van der Waals surface area (Å²) in [4.78, 5) is 14.8. The van der Waals surface area contributed by atoms with Crippen molar-refractivity contribution in [3.63, 3.8) is 0 Å². The molecule has 0 bridgehead atoms. The molecule has 21 heavy (non-hydrogen) atoms. The fourth-order valence-corrected chi connectivity index (χ4v) is 1.55. The van der Waals surface area contributed by atoms with Crippen LogP contribution in [0.4, 0.5) is 0 Å². The van der Waals surface area contributed by atoms with Crippen LogP contribution in [-0.4, -0.2) is 31.6 Å². The zero-order valence-corrected chi connectivity index (χ0v) is 14.9. The molecule has 7 heteroatoms. The molecule has 0 unspecified atom stereocenters. The van der Waals surface area contributed by atoms with E-state index < -0.39 is 5.91 Å². The van der Waals surface area contributed by atoms with E-state index >= 15 is 0 Å². The fourth-order valence-electron chi connectivity index (χ4n) is 1.55. The van der Waals surface area contributed by atoms with Gasteiger partial charge in [-0.15, -0.1) is 24.0 Å². The molecular weight excluding hydrogens is 383 g/mol. The summed E-state index contributed by atoms with van der Waals surface area (Å²) in [6.07, 6.45) is 0. The third-order valence-electron chi connectivity index (χ3n) is 2.39. The summed E-state index contributed by atoms with van der Waals surface area (Å²) in [6, 6.07) is 7.79. The summed E-state index contributed by atoms with van der Waals surface area (Å²) in [5, 5.41) is 6.40. The third kappa shape index (κ3) is 8.38. The number of ether oxygens (including phenoxy) is 1. The molecule has 1 aromatic rings. The van der Waals surface area contributed by atoms with Gasteiger partial charge in [-0.3, -0.25) is 9.79 Å². The van der Waals surface area contributed by atoms with Gasteiger partial charge in [0.05, 0.1) is 0 Å². The number of guanidine groups is 1. The summed E-state index contributed by atoms with van der Waals surface area (Å²) in [5.41, 5.74) is 6.07. The van der Waals surface area contributed by atoms with Gasteiger partial charge >= 0.3 is 0 Å². The molecule has 6 nitrogen and oxygen atoms in total. The lowest BCUT2D eigenvalue weighted by atomic mass is 10.2. The first-order valence-electron chi connectivity index (χ1n) is 6.48. The number of rotatable bonds is 6. The number of hydrogen-bond donors (Lipinski definition) is 3. The highest BCUT2D eigenvalue weighted by atomic mass is 127. The van der Waals surface area contributed by atoms with Crippen LogP contribution in [0.3, 0.4) is 0 Å². The Balaban J connectivity index is 0.00000400. The van der Waals surface area contributed by atoms with Gasteiger partial charge in [-0.05, 0) is 31.5 Å². The van der Waals surface area contributed by atoms with E-state index in [4.69, 9.17) is 10.5 Å². The van der Waals surface area contributed by atoms with Crippen LogP contribution in [0.1, 0.15) is 19.4 Å². The first-order chi connectivity index (χ1) is 9.51. The summed E-state index contributed by atoms with van der Waals surface area (Å²) < 4.78 is 5.26. The van der Waals surface area contributed by atoms with Gasteiger partial charge in [0.1, 0.15) is 5.75 Å². The van der Waals surface area contributed by atoms with Gasteiger partial charge in [0.2, 0.25) is 0 Å². The normalized spacial score (nSPS) is 10.8. The minimum absolute atomic E-state index is 0. The van der Waals surface area contributed by atoms with Gasteiger partial charge in [0, 0.05) is 19.6 Å². The van der Waals surface area contributed by atoms with E-state index in [0.717, 1.165) is 11.5 Å². The van der Waals surface area contributed by atoms with E-state index in [1.54, 1.807) is 13.1 Å². The average Bonchev–Trinajstić information content (AvgIpc) is 2.41. The second-order valence-corrected chi connectivity index (χ2v) is 4.63. The van der Waals surface area contributed by atoms with Crippen LogP contribution in [0.25, 0.3) is 0 Å². The standard InChI is InChI=1S/C14H22N4O2.HI/c1-10(2)18-14(16-3)17-8-11-5-4-6-12(7-11)20-9-13(15)19;/h4-7,10H,8-9H2,1-3H3,(H2,15,19)(H2,16,17,18);1H. The number of amides is 1. The monoisotopic (exact) mass is 406 g/mol. The van der Waals surface area contributed by atoms with Crippen molar-refractivity contribution in [2.75, 3.05) is 13.7 Å². The molecule has 0 aliphatic carbocycles. The molecule has 1 rings (SSSR count).